The van der Waals surface area contributed by atoms with Crippen molar-refractivity contribution in [1.29, 1.82) is 0 Å². The van der Waals surface area contributed by atoms with Crippen LogP contribution in [-0.2, 0) is 6.42 Å². The Balaban J connectivity index is 0.000000179. The number of nitrogens with two attached hydrogens (primary N) is 3. The molecule has 15 nitrogen and oxygen atoms in total. The first-order valence-corrected chi connectivity index (χ1v) is 66.8. The summed E-state index contributed by atoms with van der Waals surface area (Å²) in [6, 6.07) is 74.7. The minimum Gasteiger partial charge on any atom is -0.544 e. The van der Waals surface area contributed by atoms with Gasteiger partial charge in [0.1, 0.15) is 49.5 Å². The van der Waals surface area contributed by atoms with Crippen LogP contribution in [0, 0.1) is 6.92 Å². The Bertz CT molecular complexity index is 6480. The van der Waals surface area contributed by atoms with Gasteiger partial charge in [-0.25, -0.2) is 0 Å². The summed E-state index contributed by atoms with van der Waals surface area (Å²) in [4.78, 5) is 62.6. The van der Waals surface area contributed by atoms with Crippen molar-refractivity contribution in [2.24, 2.45) is 0 Å². The second kappa shape index (κ2) is 50.8. The zero-order chi connectivity index (χ0) is 107. The van der Waals surface area contributed by atoms with Crippen molar-refractivity contribution < 1.29 is 33.8 Å². The van der Waals surface area contributed by atoms with Gasteiger partial charge >= 0.3 is 0 Å². The lowest BCUT2D eigenvalue weighted by atomic mass is 10.0. The maximum Gasteiger partial charge on any atom is 0.250 e. The molecule has 12 aromatic rings. The molecule has 16 rings (SSSR count). The van der Waals surface area contributed by atoms with Crippen LogP contribution in [0.5, 0.6) is 17.2 Å². The Morgan fingerprint density at radius 2 is 0.575 bits per heavy atom. The van der Waals surface area contributed by atoms with Gasteiger partial charge in [-0.2, -0.15) is 0 Å². The molecule has 0 spiro atoms. The van der Waals surface area contributed by atoms with Crippen molar-refractivity contribution in [3.8, 4) is 17.2 Å². The molecule has 0 unspecified atom stereocenters. The number of ketones is 4. The highest BCUT2D eigenvalue weighted by atomic mass is 79.9. The molecule has 12 aromatic carbocycles. The molecule has 0 aliphatic carbocycles. The lowest BCUT2D eigenvalue weighted by Gasteiger charge is -2.38. The summed E-state index contributed by atoms with van der Waals surface area (Å²) in [7, 11) is -9.94. The predicted molar refractivity (Wildman–Crippen MR) is 654 cm³/mol. The number of phenolic OH excluding ortho intramolecular Hbond substituents is 2. The molecule has 758 valence electrons. The smallest absolute Gasteiger partial charge is 0.250 e. The largest absolute Gasteiger partial charge is 0.544 e. The molecule has 24 heteroatoms. The van der Waals surface area contributed by atoms with E-state index >= 15 is 0 Å². The SMILES string of the molecule is C=CCN(CC=C)c1ccc(Cc2ccc(N(CC=C)CC=C)cc2Br)c(Br)c1.C=CCN(CC=C)c1ccc2c(c1)[Si](C)(C)c1cc(N(CC=C)CC=C)ccc1C2=O.C=CCN(CC=C)c1cccc(Br)c1.C[Si]1(C)c2cc(N)ccc2C(=O)c2ccc(N)cc21.C[Si]1(C)c2cc(O)ccc2C(=O)c2ccc(O)cc21.Cc1ccc2c(c1)[Si](C)(C)c1cc(O[Si](C)(C)C(C)(C)C)ccc1C2=O.Nc1cccc(Br)c1. The number of carbonyl (C=O) groups is 4. The Kier molecular flexibility index (Phi) is 40.1. The summed E-state index contributed by atoms with van der Waals surface area (Å²) in [6.07, 6.45) is 19.8. The van der Waals surface area contributed by atoms with Gasteiger partial charge in [0.15, 0.2) is 23.1 Å². The van der Waals surface area contributed by atoms with E-state index in [1.54, 1.807) is 48.5 Å². The number of rotatable bonds is 29. The standard InChI is InChI=1S/C27H32N2OSi.C25H28Br2N2.C22H30O2Si2.C15H16N2OSi.C15H14O3Si.C12H14BrN.C6H6BrN/c1-7-15-28(16-8-2)21-11-13-23-25(19-21)31(5,6)26-20-22(12-14-24(26)27(23)30)29(17-9-3)18-10-4;1-5-13-28(14-6-2)22-11-9-20(24(26)18-22)17-21-10-12-23(19-25(21)27)29(15-7-3)16-8-4;1-15-9-11-17-19(13-15)25(5,6)20-14-16(10-12-18(20)21(17)23)24-26(7,8)22(2,3)4;2*1-19(2)13-7-9(16)3-5-11(13)15(18)12-6-4-10(17)8-14(12)19;1-3-8-14(9-4-2)12-7-5-6-11(13)10-12;7-5-2-1-3-6(8)4-5/h7-14,19-20H,1-4,15-18H2,5-6H3;5-12,18-19H,1-4,13-17H2;9-14H,1-8H3;3-8H,16-17H2,1-2H3;3-8,16-17H,1-2H3;3-7,10H,1-2,8-9H2;1-4H,8H2. The normalized spacial score (nSPS) is 13.3. The molecule has 8 N–H and O–H groups in total. The van der Waals surface area contributed by atoms with Crippen molar-refractivity contribution in [2.75, 3.05) is 107 Å². The van der Waals surface area contributed by atoms with Crippen molar-refractivity contribution in [3.05, 3.63) is 436 Å². The zero-order valence-corrected chi connectivity index (χ0v) is 98.3. The number of nitrogens with zero attached hydrogens (tertiary/aromatic N) is 5. The van der Waals surface area contributed by atoms with Gasteiger partial charge in [0.2, 0.25) is 8.32 Å². The van der Waals surface area contributed by atoms with Crippen molar-refractivity contribution >= 4 is 214 Å². The minimum absolute atomic E-state index is 0.0307. The van der Waals surface area contributed by atoms with Crippen LogP contribution < -0.4 is 87.6 Å². The van der Waals surface area contributed by atoms with Crippen LogP contribution in [0.1, 0.15) is 101 Å². The fourth-order valence-electron chi connectivity index (χ4n) is 18.3. The van der Waals surface area contributed by atoms with Gasteiger partial charge in [-0.15, -0.1) is 65.8 Å². The number of halogens is 4. The molecule has 0 amide bonds. The molecule has 0 fully saturated rings. The summed E-state index contributed by atoms with van der Waals surface area (Å²) in [6.45, 7) is 77.6. The lowest BCUT2D eigenvalue weighted by molar-refractivity contribution is 0.103. The van der Waals surface area contributed by atoms with Gasteiger partial charge in [0, 0.05) is 173 Å². The quantitative estimate of drug-likeness (QED) is 0.0168. The minimum atomic E-state index is -2.10. The van der Waals surface area contributed by atoms with E-state index in [1.807, 2.05) is 170 Å². The third-order valence-corrected chi connectivity index (χ3v) is 48.1. The highest BCUT2D eigenvalue weighted by Crippen LogP contribution is 2.40. The highest BCUT2D eigenvalue weighted by molar-refractivity contribution is 9.11. The molecular weight excluding hydrogens is 2150 g/mol. The van der Waals surface area contributed by atoms with E-state index in [9.17, 15) is 29.4 Å². The maximum atomic E-state index is 13.4. The zero-order valence-electron chi connectivity index (χ0n) is 87.0. The Morgan fingerprint density at radius 1 is 0.315 bits per heavy atom. The van der Waals surface area contributed by atoms with Crippen LogP contribution in [-0.4, -0.2) is 139 Å². The fraction of sp³-hybridized carbons (Fsp3) is 0.213. The second-order valence-electron chi connectivity index (χ2n) is 40.1. The number of aryl methyl sites for hydroxylation is 1. The molecule has 0 radical (unpaired) electrons. The third kappa shape index (κ3) is 27.5. The average Bonchev–Trinajstić information content (AvgIpc) is 0.736. The summed E-state index contributed by atoms with van der Waals surface area (Å²) in [5.74, 6) is 1.59. The monoisotopic (exact) mass is 2280 g/mol. The summed E-state index contributed by atoms with van der Waals surface area (Å²) < 4.78 is 10.8. The third-order valence-electron chi connectivity index (χ3n) is 27.2. The first kappa shape index (κ1) is 115. The number of aromatic hydroxyl groups is 2. The Labute approximate surface area is 905 Å². The maximum absolute atomic E-state index is 13.4. The number of hydrogen-bond acceptors (Lipinski definition) is 15. The molecule has 4 aliphatic rings. The van der Waals surface area contributed by atoms with E-state index in [0.717, 1.165) is 178 Å². The molecular formula is C122H140Br4N8O7Si5. The lowest BCUT2D eigenvalue weighted by Crippen LogP contribution is -2.60. The number of anilines is 8. The Morgan fingerprint density at radius 3 is 0.884 bits per heavy atom. The Hall–Kier alpha value is -12.5. The van der Waals surface area contributed by atoms with E-state index in [4.69, 9.17) is 21.6 Å². The number of hydrogen-bond donors (Lipinski definition) is 5. The van der Waals surface area contributed by atoms with E-state index in [-0.39, 0.29) is 39.7 Å². The predicted octanol–water partition coefficient (Wildman–Crippen LogP) is 24.7. The van der Waals surface area contributed by atoms with Crippen molar-refractivity contribution in [3.63, 3.8) is 0 Å². The molecule has 0 aromatic heterocycles. The fourth-order valence-corrected chi connectivity index (χ4v) is 33.5. The van der Waals surface area contributed by atoms with Crippen LogP contribution in [0.25, 0.3) is 0 Å². The van der Waals surface area contributed by atoms with E-state index < -0.39 is 40.6 Å². The number of benzene rings is 12. The summed E-state index contributed by atoms with van der Waals surface area (Å²) >= 11 is 14.2. The molecule has 0 saturated carbocycles. The van der Waals surface area contributed by atoms with E-state index in [2.05, 4.69) is 320 Å². The van der Waals surface area contributed by atoms with Crippen molar-refractivity contribution in [1.82, 2.24) is 0 Å². The van der Waals surface area contributed by atoms with Gasteiger partial charge in [0.25, 0.3) is 0 Å². The van der Waals surface area contributed by atoms with E-state index in [0.29, 0.717) is 22.5 Å². The molecule has 146 heavy (non-hydrogen) atoms. The number of carbonyl (C=O) groups excluding carboxylic acids is 4. The second-order valence-corrected chi connectivity index (χ2v) is 65.7. The summed E-state index contributed by atoms with van der Waals surface area (Å²) in [5.41, 5.74) is 35.2. The average molecular weight is 2290 g/mol. The number of fused-ring (bicyclic) bond motifs is 8. The van der Waals surface area contributed by atoms with Gasteiger partial charge in [-0.1, -0.05) is 246 Å². The van der Waals surface area contributed by atoms with Gasteiger partial charge < -0.3 is 56.3 Å². The molecule has 0 atom stereocenters. The van der Waals surface area contributed by atoms with Crippen LogP contribution >= 0.6 is 63.7 Å². The van der Waals surface area contributed by atoms with Crippen LogP contribution in [0.2, 0.25) is 70.5 Å². The number of phenols is 2. The van der Waals surface area contributed by atoms with E-state index in [1.165, 1.54) is 43.1 Å². The summed E-state index contributed by atoms with van der Waals surface area (Å²) in [5, 5.41) is 28.4. The first-order chi connectivity index (χ1) is 69.1. The molecule has 0 bridgehead atoms. The van der Waals surface area contributed by atoms with Crippen LogP contribution in [0.15, 0.2) is 375 Å². The molecule has 4 aliphatic heterocycles. The van der Waals surface area contributed by atoms with Crippen molar-refractivity contribution in [2.45, 2.75) is 105 Å². The highest BCUT2D eigenvalue weighted by Gasteiger charge is 2.45. The molecule has 0 saturated heterocycles. The topological polar surface area (TPSA) is 212 Å². The van der Waals surface area contributed by atoms with Crippen LogP contribution in [0.4, 0.5) is 45.5 Å². The van der Waals surface area contributed by atoms with Gasteiger partial charge in [-0.05, 0) is 272 Å². The van der Waals surface area contributed by atoms with Crippen LogP contribution in [0.3, 0.4) is 0 Å². The number of nitrogen functional groups attached to an aromatic ring is 3. The molecule has 4 heterocycles. The van der Waals surface area contributed by atoms with Gasteiger partial charge in [0.05, 0.1) is 0 Å². The van der Waals surface area contributed by atoms with Gasteiger partial charge in [-0.3, -0.25) is 19.2 Å². The first-order valence-electron chi connectivity index (χ1n) is 48.7.